The number of fused-ring (bicyclic) bond motifs is 1. The molecule has 1 saturated heterocycles. The van der Waals surface area contributed by atoms with E-state index in [0.717, 1.165) is 6.07 Å². The molecule has 0 bridgehead atoms. The Kier molecular flexibility index (Phi) is 7.23. The van der Waals surface area contributed by atoms with Crippen molar-refractivity contribution in [3.05, 3.63) is 70.1 Å². The summed E-state index contributed by atoms with van der Waals surface area (Å²) in [6.45, 7) is 0.942. The molecule has 2 aromatic carbocycles. The summed E-state index contributed by atoms with van der Waals surface area (Å²) in [7, 11) is 0. The topological polar surface area (TPSA) is 144 Å². The van der Waals surface area contributed by atoms with Crippen molar-refractivity contribution in [2.24, 2.45) is 0 Å². The molecule has 0 spiro atoms. The van der Waals surface area contributed by atoms with E-state index in [4.69, 9.17) is 16.3 Å². The first-order valence-corrected chi connectivity index (χ1v) is 13.6. The van der Waals surface area contributed by atoms with Crippen LogP contribution in [0, 0.1) is 12.7 Å². The highest BCUT2D eigenvalue weighted by molar-refractivity contribution is 7.18. The van der Waals surface area contributed by atoms with Gasteiger partial charge in [0.25, 0.3) is 0 Å². The molecule has 1 fully saturated rings. The van der Waals surface area contributed by atoms with Crippen LogP contribution in [0.2, 0.25) is 5.02 Å². The fourth-order valence-corrected chi connectivity index (χ4v) is 5.79. The molecule has 42 heavy (non-hydrogen) atoms. The van der Waals surface area contributed by atoms with E-state index >= 15 is 0 Å². The predicted octanol–water partition coefficient (Wildman–Crippen LogP) is 3.65. The van der Waals surface area contributed by atoms with Gasteiger partial charge < -0.3 is 20.1 Å². The van der Waals surface area contributed by atoms with Crippen molar-refractivity contribution in [1.29, 1.82) is 0 Å². The van der Waals surface area contributed by atoms with Gasteiger partial charge in [0.2, 0.25) is 0 Å². The SMILES string of the molecule is Cc1nc([C@@H]2O[C@H](CO)[C@H](O)[C@H](n3cc(-c4ccc(Cl)c(F)c4)nn3)[C@H]2O)n(-c2ccc3nc(C(F)(F)F)sc3c2)n1. The lowest BCUT2D eigenvalue weighted by Crippen LogP contribution is -2.53. The van der Waals surface area contributed by atoms with Gasteiger partial charge in [-0.25, -0.2) is 23.7 Å². The zero-order chi connectivity index (χ0) is 29.9. The summed E-state index contributed by atoms with van der Waals surface area (Å²) in [6.07, 6.45) is -8.66. The number of aliphatic hydroxyl groups is 3. The maximum atomic E-state index is 14.0. The van der Waals surface area contributed by atoms with E-state index < -0.39 is 54.1 Å². The van der Waals surface area contributed by atoms with Gasteiger partial charge in [0.1, 0.15) is 47.8 Å². The average molecular weight is 626 g/mol. The van der Waals surface area contributed by atoms with Gasteiger partial charge in [0.15, 0.2) is 10.8 Å². The summed E-state index contributed by atoms with van der Waals surface area (Å²) in [6, 6.07) is 7.20. The normalized spacial score (nSPS) is 23.1. The Balaban J connectivity index is 1.37. The molecule has 4 heterocycles. The fourth-order valence-electron chi connectivity index (χ4n) is 4.81. The lowest BCUT2D eigenvalue weighted by Gasteiger charge is -2.41. The van der Waals surface area contributed by atoms with Crippen LogP contribution in [0.3, 0.4) is 0 Å². The van der Waals surface area contributed by atoms with Crippen LogP contribution < -0.4 is 0 Å². The van der Waals surface area contributed by atoms with Crippen LogP contribution in [0.5, 0.6) is 0 Å². The van der Waals surface area contributed by atoms with Gasteiger partial charge in [-0.15, -0.1) is 16.4 Å². The van der Waals surface area contributed by atoms with Crippen molar-refractivity contribution in [2.45, 2.75) is 43.6 Å². The van der Waals surface area contributed by atoms with E-state index in [2.05, 4.69) is 25.4 Å². The summed E-state index contributed by atoms with van der Waals surface area (Å²) in [5, 5.41) is 43.8. The first kappa shape index (κ1) is 28.6. The van der Waals surface area contributed by atoms with Gasteiger partial charge in [-0.05, 0) is 37.3 Å². The van der Waals surface area contributed by atoms with Crippen LogP contribution in [-0.2, 0) is 10.9 Å². The Morgan fingerprint density at radius 1 is 1.10 bits per heavy atom. The second-order valence-electron chi connectivity index (χ2n) is 9.56. The molecule has 1 aliphatic rings. The van der Waals surface area contributed by atoms with Crippen LogP contribution in [0.4, 0.5) is 17.6 Å². The van der Waals surface area contributed by atoms with Crippen molar-refractivity contribution in [3.63, 3.8) is 0 Å². The summed E-state index contributed by atoms with van der Waals surface area (Å²) in [4.78, 5) is 8.03. The number of hydrogen-bond donors (Lipinski definition) is 3. The van der Waals surface area contributed by atoms with Gasteiger partial charge in [0.05, 0.1) is 33.7 Å². The molecule has 3 N–H and O–H groups in total. The summed E-state index contributed by atoms with van der Waals surface area (Å²) >= 11 is 6.24. The summed E-state index contributed by atoms with van der Waals surface area (Å²) in [5.41, 5.74) is 1.04. The minimum absolute atomic E-state index is 0.0652. The highest BCUT2D eigenvalue weighted by atomic mass is 35.5. The van der Waals surface area contributed by atoms with Crippen molar-refractivity contribution in [2.75, 3.05) is 6.61 Å². The third-order valence-electron chi connectivity index (χ3n) is 6.78. The number of aliphatic hydroxyl groups excluding tert-OH is 3. The molecule has 0 radical (unpaired) electrons. The molecular formula is C25H20ClF4N7O4S. The van der Waals surface area contributed by atoms with Crippen molar-refractivity contribution in [1.82, 2.24) is 34.7 Å². The number of benzene rings is 2. The van der Waals surface area contributed by atoms with Crippen molar-refractivity contribution in [3.8, 4) is 16.9 Å². The van der Waals surface area contributed by atoms with Crippen LogP contribution in [0.1, 0.15) is 28.8 Å². The van der Waals surface area contributed by atoms with Crippen LogP contribution in [-0.4, -0.2) is 75.0 Å². The molecule has 11 nitrogen and oxygen atoms in total. The fraction of sp³-hybridized carbons (Fsp3) is 0.320. The molecule has 0 saturated carbocycles. The molecule has 17 heteroatoms. The third kappa shape index (κ3) is 5.03. The molecule has 0 amide bonds. The standard InChI is InChI=1S/C25H20ClF4N7O4S/c1-10-31-23(37(34-10)12-3-5-15-18(7-12)42-24(32-15)25(28,29)30)22-21(40)19(20(39)17(9-38)41-22)36-8-16(33-35-36)11-2-4-13(26)14(27)6-11/h2-8,17,19-22,38-40H,9H2,1H3/t17-,19+,20+,21-,22-/m1/s1. The van der Waals surface area contributed by atoms with E-state index in [1.54, 1.807) is 6.92 Å². The number of hydrogen-bond acceptors (Lipinski definition) is 10. The molecule has 6 rings (SSSR count). The number of alkyl halides is 3. The number of aromatic nitrogens is 7. The van der Waals surface area contributed by atoms with Crippen molar-refractivity contribution < 1.29 is 37.6 Å². The molecule has 5 atom stereocenters. The first-order chi connectivity index (χ1) is 19.9. The van der Waals surface area contributed by atoms with Gasteiger partial charge in [-0.2, -0.15) is 18.3 Å². The summed E-state index contributed by atoms with van der Waals surface area (Å²) in [5.74, 6) is -0.344. The monoisotopic (exact) mass is 625 g/mol. The Morgan fingerprint density at radius 3 is 2.60 bits per heavy atom. The lowest BCUT2D eigenvalue weighted by molar-refractivity contribution is -0.210. The Morgan fingerprint density at radius 2 is 1.88 bits per heavy atom. The molecule has 3 aromatic heterocycles. The lowest BCUT2D eigenvalue weighted by atomic mass is 9.92. The number of aryl methyl sites for hydroxylation is 1. The van der Waals surface area contributed by atoms with E-state index in [1.807, 2.05) is 0 Å². The minimum Gasteiger partial charge on any atom is -0.394 e. The van der Waals surface area contributed by atoms with E-state index in [9.17, 15) is 32.9 Å². The minimum atomic E-state index is -4.60. The van der Waals surface area contributed by atoms with Crippen LogP contribution in [0.15, 0.2) is 42.6 Å². The largest absolute Gasteiger partial charge is 0.443 e. The highest BCUT2D eigenvalue weighted by Gasteiger charge is 2.48. The summed E-state index contributed by atoms with van der Waals surface area (Å²) < 4.78 is 62.3. The number of ether oxygens (including phenoxy) is 1. The zero-order valence-electron chi connectivity index (χ0n) is 21.3. The second kappa shape index (κ2) is 10.6. The highest BCUT2D eigenvalue weighted by Crippen LogP contribution is 2.40. The molecule has 0 aliphatic carbocycles. The average Bonchev–Trinajstić information content (AvgIpc) is 3.68. The van der Waals surface area contributed by atoms with Crippen LogP contribution in [0.25, 0.3) is 27.2 Å². The van der Waals surface area contributed by atoms with Gasteiger partial charge in [-0.1, -0.05) is 22.9 Å². The quantitative estimate of drug-likeness (QED) is 0.249. The molecule has 5 aromatic rings. The third-order valence-corrected chi connectivity index (χ3v) is 8.14. The molecule has 0 unspecified atom stereocenters. The van der Waals surface area contributed by atoms with Crippen molar-refractivity contribution >= 4 is 33.2 Å². The Hall–Kier alpha value is -3.54. The zero-order valence-corrected chi connectivity index (χ0v) is 22.9. The predicted molar refractivity (Wildman–Crippen MR) is 140 cm³/mol. The molecule has 1 aliphatic heterocycles. The maximum absolute atomic E-state index is 14.0. The number of rotatable bonds is 5. The van der Waals surface area contributed by atoms with Gasteiger partial charge >= 0.3 is 6.18 Å². The van der Waals surface area contributed by atoms with E-state index in [-0.39, 0.29) is 32.6 Å². The smallest absolute Gasteiger partial charge is 0.394 e. The number of halogens is 5. The van der Waals surface area contributed by atoms with Gasteiger partial charge in [-0.3, -0.25) is 0 Å². The molecular weight excluding hydrogens is 606 g/mol. The van der Waals surface area contributed by atoms with E-state index in [1.165, 1.54) is 45.9 Å². The maximum Gasteiger partial charge on any atom is 0.443 e. The number of thiazole rings is 1. The van der Waals surface area contributed by atoms with Gasteiger partial charge in [0, 0.05) is 5.56 Å². The van der Waals surface area contributed by atoms with Crippen LogP contribution >= 0.6 is 22.9 Å². The Bertz CT molecular complexity index is 1780. The Labute approximate surface area is 242 Å². The second-order valence-corrected chi connectivity index (χ2v) is 11.0. The number of nitrogens with zero attached hydrogens (tertiary/aromatic N) is 7. The molecule has 220 valence electrons. The first-order valence-electron chi connectivity index (χ1n) is 12.4. The van der Waals surface area contributed by atoms with E-state index in [0.29, 0.717) is 22.6 Å².